The monoisotopic (exact) mass is 380 g/mol. The van der Waals surface area contributed by atoms with Gasteiger partial charge in [0.2, 0.25) is 0 Å². The Morgan fingerprint density at radius 3 is 2.61 bits per heavy atom. The minimum atomic E-state index is -0.961. The average molecular weight is 380 g/mol. The lowest BCUT2D eigenvalue weighted by Gasteiger charge is -2.38. The normalized spacial score (nSPS) is 20.2. The number of carbonyl (C=O) groups excluding carboxylic acids is 1. The summed E-state index contributed by atoms with van der Waals surface area (Å²) in [5.74, 6) is 0. The summed E-state index contributed by atoms with van der Waals surface area (Å²) in [4.78, 5) is 25.6. The third-order valence-corrected chi connectivity index (χ3v) is 5.60. The number of amides is 2. The number of carbonyl (C=O) groups is 2. The highest BCUT2D eigenvalue weighted by Crippen LogP contribution is 2.40. The fourth-order valence-electron chi connectivity index (χ4n) is 4.26. The average Bonchev–Trinajstić information content (AvgIpc) is 3.13. The molecule has 6 heteroatoms. The van der Waals surface area contributed by atoms with E-state index in [1.807, 2.05) is 43.3 Å². The molecule has 4 rings (SSSR count). The number of hydrogen-bond acceptors (Lipinski definition) is 3. The van der Waals surface area contributed by atoms with Crippen LogP contribution < -0.4 is 10.2 Å². The number of anilines is 1. The van der Waals surface area contributed by atoms with Crippen molar-refractivity contribution in [3.8, 4) is 0 Å². The molecule has 0 radical (unpaired) electrons. The summed E-state index contributed by atoms with van der Waals surface area (Å²) in [6.45, 7) is 2.07. The van der Waals surface area contributed by atoms with Gasteiger partial charge in [0, 0.05) is 6.04 Å². The Hall–Kier alpha value is -3.02. The van der Waals surface area contributed by atoms with E-state index in [2.05, 4.69) is 11.4 Å². The first kappa shape index (κ1) is 18.3. The van der Waals surface area contributed by atoms with Crippen LogP contribution in [0.4, 0.5) is 15.3 Å². The van der Waals surface area contributed by atoms with Crippen molar-refractivity contribution < 1.29 is 19.4 Å². The number of nitrogens with one attached hydrogen (secondary N) is 1. The Labute approximate surface area is 164 Å². The maximum Gasteiger partial charge on any atom is 0.412 e. The lowest BCUT2D eigenvalue weighted by molar-refractivity contribution is 0.134. The van der Waals surface area contributed by atoms with Gasteiger partial charge in [0.05, 0.1) is 11.7 Å². The van der Waals surface area contributed by atoms with E-state index in [0.29, 0.717) is 12.1 Å². The summed E-state index contributed by atoms with van der Waals surface area (Å²) >= 11 is 0. The van der Waals surface area contributed by atoms with Crippen LogP contribution in [0.15, 0.2) is 42.5 Å². The van der Waals surface area contributed by atoms with Gasteiger partial charge in [-0.2, -0.15) is 0 Å². The van der Waals surface area contributed by atoms with Crippen molar-refractivity contribution in [2.75, 3.05) is 4.90 Å². The van der Waals surface area contributed by atoms with Crippen LogP contribution in [0.5, 0.6) is 0 Å². The number of carboxylic acid groups (broad SMARTS) is 1. The molecule has 2 aromatic rings. The van der Waals surface area contributed by atoms with Crippen LogP contribution in [0.2, 0.25) is 0 Å². The van der Waals surface area contributed by atoms with E-state index >= 15 is 0 Å². The number of hydrogen-bond donors (Lipinski definition) is 2. The second kappa shape index (κ2) is 7.54. The molecule has 1 heterocycles. The number of fused-ring (bicyclic) bond motifs is 2. The number of rotatable bonds is 3. The van der Waals surface area contributed by atoms with Gasteiger partial charge in [0.15, 0.2) is 0 Å². The van der Waals surface area contributed by atoms with E-state index in [9.17, 15) is 14.7 Å². The van der Waals surface area contributed by atoms with E-state index in [-0.39, 0.29) is 18.7 Å². The highest BCUT2D eigenvalue weighted by molar-refractivity contribution is 5.89. The Morgan fingerprint density at radius 2 is 1.89 bits per heavy atom. The van der Waals surface area contributed by atoms with Crippen LogP contribution in [0.1, 0.15) is 48.1 Å². The number of aryl methyl sites for hydroxylation is 2. The molecule has 0 saturated heterocycles. The van der Waals surface area contributed by atoms with Gasteiger partial charge in [-0.3, -0.25) is 4.90 Å². The first-order valence-electron chi connectivity index (χ1n) is 9.68. The van der Waals surface area contributed by atoms with Gasteiger partial charge in [-0.1, -0.05) is 36.4 Å². The molecule has 2 N–H and O–H groups in total. The molecular formula is C22H24N2O4. The molecule has 0 fully saturated rings. The summed E-state index contributed by atoms with van der Waals surface area (Å²) in [6.07, 6.45) is 2.11. The molecule has 0 aromatic heterocycles. The van der Waals surface area contributed by atoms with Crippen LogP contribution in [-0.2, 0) is 24.2 Å². The highest BCUT2D eigenvalue weighted by Gasteiger charge is 2.36. The van der Waals surface area contributed by atoms with Gasteiger partial charge in [-0.05, 0) is 60.9 Å². The van der Waals surface area contributed by atoms with Crippen molar-refractivity contribution >= 4 is 17.9 Å². The fourth-order valence-corrected chi connectivity index (χ4v) is 4.26. The zero-order valence-electron chi connectivity index (χ0n) is 15.9. The number of ether oxygens (including phenoxy) is 1. The lowest BCUT2D eigenvalue weighted by Crippen LogP contribution is -2.46. The second-order valence-electron chi connectivity index (χ2n) is 7.53. The lowest BCUT2D eigenvalue weighted by atomic mass is 9.89. The molecule has 28 heavy (non-hydrogen) atoms. The molecule has 0 spiro atoms. The smallest absolute Gasteiger partial charge is 0.412 e. The maximum atomic E-state index is 12.4. The number of alkyl carbamates (subject to hydrolysis) is 1. The van der Waals surface area contributed by atoms with Gasteiger partial charge in [-0.25, -0.2) is 9.59 Å². The van der Waals surface area contributed by atoms with E-state index in [0.717, 1.165) is 30.4 Å². The molecule has 2 aromatic carbocycles. The summed E-state index contributed by atoms with van der Waals surface area (Å²) in [5, 5.41) is 12.6. The third-order valence-electron chi connectivity index (χ3n) is 5.60. The molecule has 0 unspecified atom stereocenters. The van der Waals surface area contributed by atoms with Crippen molar-refractivity contribution in [2.45, 2.75) is 51.3 Å². The topological polar surface area (TPSA) is 78.9 Å². The molecule has 146 valence electrons. The zero-order valence-corrected chi connectivity index (χ0v) is 15.9. The molecule has 0 bridgehead atoms. The Morgan fingerprint density at radius 1 is 1.18 bits per heavy atom. The van der Waals surface area contributed by atoms with Gasteiger partial charge in [0.1, 0.15) is 6.61 Å². The zero-order chi connectivity index (χ0) is 19.7. The van der Waals surface area contributed by atoms with Gasteiger partial charge >= 0.3 is 12.2 Å². The minimum absolute atomic E-state index is 0.202. The van der Waals surface area contributed by atoms with Gasteiger partial charge in [-0.15, -0.1) is 0 Å². The standard InChI is InChI=1S/C22H24N2O4/c1-14-10-19(23-21(25)28-13-15-6-3-2-4-7-15)18-11-16-8-5-9-17(16)12-20(18)24(14)22(26)27/h2-4,6-7,11-12,14,19H,5,8-10,13H2,1H3,(H,23,25)(H,26,27)/t14-,19+/m0/s1. The highest BCUT2D eigenvalue weighted by atomic mass is 16.5. The minimum Gasteiger partial charge on any atom is -0.465 e. The first-order valence-corrected chi connectivity index (χ1v) is 9.68. The molecular weight excluding hydrogens is 356 g/mol. The predicted octanol–water partition coefficient (Wildman–Crippen LogP) is 4.42. The molecule has 0 saturated carbocycles. The SMILES string of the molecule is C[C@H]1C[C@@H](NC(=O)OCc2ccccc2)c2cc3c(cc2N1C(=O)O)CCC3. The van der Waals surface area contributed by atoms with E-state index in [1.54, 1.807) is 0 Å². The van der Waals surface area contributed by atoms with E-state index in [4.69, 9.17) is 4.74 Å². The summed E-state index contributed by atoms with van der Waals surface area (Å²) < 4.78 is 5.37. The quantitative estimate of drug-likeness (QED) is 0.826. The third kappa shape index (κ3) is 3.54. The number of nitrogens with zero attached hydrogens (tertiary/aromatic N) is 1. The van der Waals surface area contributed by atoms with Crippen molar-refractivity contribution in [1.82, 2.24) is 5.32 Å². The van der Waals surface area contributed by atoms with Crippen molar-refractivity contribution in [1.29, 1.82) is 0 Å². The van der Waals surface area contributed by atoms with Crippen molar-refractivity contribution in [2.24, 2.45) is 0 Å². The first-order chi connectivity index (χ1) is 13.5. The largest absolute Gasteiger partial charge is 0.465 e. The van der Waals surface area contributed by atoms with Crippen molar-refractivity contribution in [3.63, 3.8) is 0 Å². The van der Waals surface area contributed by atoms with Gasteiger partial charge < -0.3 is 15.2 Å². The molecule has 2 amide bonds. The molecule has 2 aliphatic rings. The molecule has 2 atom stereocenters. The second-order valence-corrected chi connectivity index (χ2v) is 7.53. The van der Waals surface area contributed by atoms with Crippen LogP contribution in [-0.4, -0.2) is 23.3 Å². The van der Waals surface area contributed by atoms with Crippen LogP contribution >= 0.6 is 0 Å². The van der Waals surface area contributed by atoms with Crippen LogP contribution in [0, 0.1) is 0 Å². The molecule has 1 aliphatic carbocycles. The van der Waals surface area contributed by atoms with Crippen LogP contribution in [0.25, 0.3) is 0 Å². The molecule has 6 nitrogen and oxygen atoms in total. The van der Waals surface area contributed by atoms with Crippen molar-refractivity contribution in [3.05, 3.63) is 64.7 Å². The van der Waals surface area contributed by atoms with Crippen LogP contribution in [0.3, 0.4) is 0 Å². The maximum absolute atomic E-state index is 12.4. The molecule has 1 aliphatic heterocycles. The van der Waals surface area contributed by atoms with E-state index < -0.39 is 12.2 Å². The Kier molecular flexibility index (Phi) is 4.94. The predicted molar refractivity (Wildman–Crippen MR) is 106 cm³/mol. The fraction of sp³-hybridized carbons (Fsp3) is 0.364. The summed E-state index contributed by atoms with van der Waals surface area (Å²) in [6, 6.07) is 13.1. The Balaban J connectivity index is 1.55. The Bertz CT molecular complexity index is 897. The number of benzene rings is 2. The summed E-state index contributed by atoms with van der Waals surface area (Å²) in [5.41, 5.74) is 4.93. The van der Waals surface area contributed by atoms with Gasteiger partial charge in [0.25, 0.3) is 0 Å². The summed E-state index contributed by atoms with van der Waals surface area (Å²) in [7, 11) is 0. The van der Waals surface area contributed by atoms with E-state index in [1.165, 1.54) is 16.0 Å².